The minimum atomic E-state index is 0.750. The molecule has 100 valence electrons. The second-order valence-corrected chi connectivity index (χ2v) is 6.23. The Balaban J connectivity index is 1.75. The van der Waals surface area contributed by atoms with Crippen LogP contribution in [-0.2, 0) is 0 Å². The zero-order chi connectivity index (χ0) is 12.1. The summed E-state index contributed by atoms with van der Waals surface area (Å²) in [4.78, 5) is 2.61. The monoisotopic (exact) mass is 238 g/mol. The van der Waals surface area contributed by atoms with Crippen LogP contribution in [0.5, 0.6) is 0 Å². The fraction of sp³-hybridized carbons (Fsp3) is 1.00. The van der Waals surface area contributed by atoms with Gasteiger partial charge in [-0.1, -0.05) is 25.7 Å². The summed E-state index contributed by atoms with van der Waals surface area (Å²) >= 11 is 0. The van der Waals surface area contributed by atoms with E-state index in [0.717, 1.165) is 18.0 Å². The predicted molar refractivity (Wildman–Crippen MR) is 74.3 cm³/mol. The van der Waals surface area contributed by atoms with E-state index in [1.807, 2.05) is 0 Å². The molecule has 0 spiro atoms. The minimum Gasteiger partial charge on any atom is -0.313 e. The van der Waals surface area contributed by atoms with Crippen molar-refractivity contribution in [3.63, 3.8) is 0 Å². The molecule has 2 nitrogen and oxygen atoms in total. The number of piperidine rings is 1. The molecule has 0 amide bonds. The molecule has 0 aromatic heterocycles. The van der Waals surface area contributed by atoms with Gasteiger partial charge in [0.1, 0.15) is 0 Å². The molecular formula is C15H30N2. The number of rotatable bonds is 4. The second-order valence-electron chi connectivity index (χ2n) is 6.23. The SMILES string of the molecule is CC(C1CCCCC1)N(C)CC1CCCCN1. The van der Waals surface area contributed by atoms with E-state index in [4.69, 9.17) is 0 Å². The van der Waals surface area contributed by atoms with Crippen molar-refractivity contribution in [1.29, 1.82) is 0 Å². The molecule has 1 saturated carbocycles. The Morgan fingerprint density at radius 3 is 2.41 bits per heavy atom. The Hall–Kier alpha value is -0.0800. The summed E-state index contributed by atoms with van der Waals surface area (Å²) in [6.07, 6.45) is 11.5. The average Bonchev–Trinajstić information content (AvgIpc) is 2.40. The van der Waals surface area contributed by atoms with Gasteiger partial charge in [0.25, 0.3) is 0 Å². The standard InChI is InChI=1S/C15H30N2/c1-13(14-8-4-3-5-9-14)17(2)12-15-10-6-7-11-16-15/h13-16H,3-12H2,1-2H3. The Kier molecular flexibility index (Phi) is 5.30. The quantitative estimate of drug-likeness (QED) is 0.810. The largest absolute Gasteiger partial charge is 0.313 e. The fourth-order valence-electron chi connectivity index (χ4n) is 3.57. The van der Waals surface area contributed by atoms with Crippen LogP contribution in [0.15, 0.2) is 0 Å². The summed E-state index contributed by atoms with van der Waals surface area (Å²) in [7, 11) is 2.33. The third-order valence-corrected chi connectivity index (χ3v) is 4.95. The summed E-state index contributed by atoms with van der Waals surface area (Å²) in [6.45, 7) is 4.92. The lowest BCUT2D eigenvalue weighted by Gasteiger charge is -2.37. The molecule has 2 aliphatic rings. The smallest absolute Gasteiger partial charge is 0.0195 e. The van der Waals surface area contributed by atoms with Gasteiger partial charge in [0, 0.05) is 18.6 Å². The maximum absolute atomic E-state index is 3.67. The summed E-state index contributed by atoms with van der Waals surface area (Å²) in [6, 6.07) is 1.53. The van der Waals surface area contributed by atoms with Crippen LogP contribution in [-0.4, -0.2) is 37.1 Å². The van der Waals surface area contributed by atoms with Crippen molar-refractivity contribution in [1.82, 2.24) is 10.2 Å². The van der Waals surface area contributed by atoms with E-state index < -0.39 is 0 Å². The minimum absolute atomic E-state index is 0.750. The summed E-state index contributed by atoms with van der Waals surface area (Å²) in [5.74, 6) is 0.956. The van der Waals surface area contributed by atoms with E-state index in [1.54, 1.807) is 0 Å². The lowest BCUT2D eigenvalue weighted by atomic mass is 9.84. The van der Waals surface area contributed by atoms with E-state index in [1.165, 1.54) is 64.5 Å². The van der Waals surface area contributed by atoms with Gasteiger partial charge in [-0.3, -0.25) is 0 Å². The topological polar surface area (TPSA) is 15.3 Å². The third kappa shape index (κ3) is 3.96. The molecule has 2 fully saturated rings. The molecule has 0 radical (unpaired) electrons. The molecule has 17 heavy (non-hydrogen) atoms. The molecule has 1 aliphatic carbocycles. The number of nitrogens with one attached hydrogen (secondary N) is 1. The molecule has 2 unspecified atom stereocenters. The first kappa shape index (κ1) is 13.4. The lowest BCUT2D eigenvalue weighted by molar-refractivity contribution is 0.139. The van der Waals surface area contributed by atoms with E-state index in [2.05, 4.69) is 24.2 Å². The first-order valence-corrected chi connectivity index (χ1v) is 7.71. The van der Waals surface area contributed by atoms with Crippen molar-refractivity contribution in [2.45, 2.75) is 70.4 Å². The summed E-state index contributed by atoms with van der Waals surface area (Å²) in [5.41, 5.74) is 0. The normalized spacial score (nSPS) is 29.5. The van der Waals surface area contributed by atoms with E-state index in [0.29, 0.717) is 0 Å². The highest BCUT2D eigenvalue weighted by Gasteiger charge is 2.25. The fourth-order valence-corrected chi connectivity index (χ4v) is 3.57. The van der Waals surface area contributed by atoms with Crippen LogP contribution >= 0.6 is 0 Å². The Morgan fingerprint density at radius 1 is 1.06 bits per heavy atom. The molecule has 1 saturated heterocycles. The number of nitrogens with zero attached hydrogens (tertiary/aromatic N) is 1. The molecule has 0 bridgehead atoms. The molecule has 2 heteroatoms. The molecule has 0 aromatic rings. The van der Waals surface area contributed by atoms with E-state index in [9.17, 15) is 0 Å². The summed E-state index contributed by atoms with van der Waals surface area (Å²) < 4.78 is 0. The predicted octanol–water partition coefficient (Wildman–Crippen LogP) is 3.03. The molecular weight excluding hydrogens is 208 g/mol. The number of hydrogen-bond donors (Lipinski definition) is 1. The van der Waals surface area contributed by atoms with Crippen LogP contribution in [0.3, 0.4) is 0 Å². The van der Waals surface area contributed by atoms with Crippen LogP contribution < -0.4 is 5.32 Å². The molecule has 0 aromatic carbocycles. The van der Waals surface area contributed by atoms with Gasteiger partial charge in [-0.15, -0.1) is 0 Å². The zero-order valence-electron chi connectivity index (χ0n) is 11.8. The van der Waals surface area contributed by atoms with Crippen molar-refractivity contribution < 1.29 is 0 Å². The highest BCUT2D eigenvalue weighted by atomic mass is 15.2. The van der Waals surface area contributed by atoms with Gasteiger partial charge in [0.2, 0.25) is 0 Å². The van der Waals surface area contributed by atoms with Gasteiger partial charge < -0.3 is 10.2 Å². The maximum atomic E-state index is 3.67. The van der Waals surface area contributed by atoms with Crippen molar-refractivity contribution in [3.05, 3.63) is 0 Å². The van der Waals surface area contributed by atoms with Crippen LogP contribution in [0.25, 0.3) is 0 Å². The van der Waals surface area contributed by atoms with Gasteiger partial charge >= 0.3 is 0 Å². The van der Waals surface area contributed by atoms with Crippen LogP contribution in [0.2, 0.25) is 0 Å². The molecule has 2 atom stereocenters. The first-order chi connectivity index (χ1) is 8.27. The van der Waals surface area contributed by atoms with Gasteiger partial charge in [-0.05, 0) is 52.1 Å². The van der Waals surface area contributed by atoms with Gasteiger partial charge in [0.05, 0.1) is 0 Å². The van der Waals surface area contributed by atoms with Crippen LogP contribution in [0.4, 0.5) is 0 Å². The Labute approximate surface area is 107 Å². The van der Waals surface area contributed by atoms with Crippen molar-refractivity contribution in [3.8, 4) is 0 Å². The second kappa shape index (κ2) is 6.75. The van der Waals surface area contributed by atoms with Crippen LogP contribution in [0.1, 0.15) is 58.3 Å². The maximum Gasteiger partial charge on any atom is 0.0195 e. The Bertz CT molecular complexity index is 205. The van der Waals surface area contributed by atoms with Gasteiger partial charge in [-0.2, -0.15) is 0 Å². The van der Waals surface area contributed by atoms with Crippen molar-refractivity contribution in [2.24, 2.45) is 5.92 Å². The molecule has 1 heterocycles. The summed E-state index contributed by atoms with van der Waals surface area (Å²) in [5, 5.41) is 3.67. The number of hydrogen-bond acceptors (Lipinski definition) is 2. The average molecular weight is 238 g/mol. The van der Waals surface area contributed by atoms with Gasteiger partial charge in [-0.25, -0.2) is 0 Å². The third-order valence-electron chi connectivity index (χ3n) is 4.95. The highest BCUT2D eigenvalue weighted by molar-refractivity contribution is 4.81. The van der Waals surface area contributed by atoms with Crippen molar-refractivity contribution >= 4 is 0 Å². The van der Waals surface area contributed by atoms with Crippen molar-refractivity contribution in [2.75, 3.05) is 20.1 Å². The molecule has 1 N–H and O–H groups in total. The van der Waals surface area contributed by atoms with Crippen LogP contribution in [0, 0.1) is 5.92 Å². The molecule has 2 rings (SSSR count). The van der Waals surface area contributed by atoms with E-state index >= 15 is 0 Å². The van der Waals surface area contributed by atoms with Gasteiger partial charge in [0.15, 0.2) is 0 Å². The van der Waals surface area contributed by atoms with E-state index in [-0.39, 0.29) is 0 Å². The lowest BCUT2D eigenvalue weighted by Crippen LogP contribution is -2.47. The number of likely N-dealkylation sites (N-methyl/N-ethyl adjacent to an activating group) is 1. The zero-order valence-corrected chi connectivity index (χ0v) is 11.8. The molecule has 1 aliphatic heterocycles. The first-order valence-electron chi connectivity index (χ1n) is 7.71. The Morgan fingerprint density at radius 2 is 1.76 bits per heavy atom. The highest BCUT2D eigenvalue weighted by Crippen LogP contribution is 2.28.